The van der Waals surface area contributed by atoms with Crippen molar-refractivity contribution < 1.29 is 24.2 Å². The third kappa shape index (κ3) is 6.57. The average Bonchev–Trinajstić information content (AvgIpc) is 3.52. The summed E-state index contributed by atoms with van der Waals surface area (Å²) in [4.78, 5) is 38.5. The number of amides is 1. The Balaban J connectivity index is 1.59. The minimum absolute atomic E-state index is 0.0735. The van der Waals surface area contributed by atoms with Crippen LogP contribution in [0.4, 0.5) is 0 Å². The first-order valence-corrected chi connectivity index (χ1v) is 13.4. The van der Waals surface area contributed by atoms with E-state index >= 15 is 0 Å². The number of carboxylic acid groups (broad SMARTS) is 1. The van der Waals surface area contributed by atoms with Gasteiger partial charge in [0.25, 0.3) is 0 Å². The fourth-order valence-corrected chi connectivity index (χ4v) is 5.43. The molecule has 9 heteroatoms. The predicted molar refractivity (Wildman–Crippen MR) is 139 cm³/mol. The zero-order chi connectivity index (χ0) is 26.2. The van der Waals surface area contributed by atoms with E-state index in [-0.39, 0.29) is 31.2 Å². The summed E-state index contributed by atoms with van der Waals surface area (Å²) in [6.07, 6.45) is 8.38. The Hall–Kier alpha value is -3.20. The van der Waals surface area contributed by atoms with Gasteiger partial charge in [0.2, 0.25) is 12.7 Å². The Morgan fingerprint density at radius 2 is 1.86 bits per heavy atom. The number of aryl methyl sites for hydroxylation is 1. The van der Waals surface area contributed by atoms with Crippen molar-refractivity contribution >= 4 is 11.9 Å². The first kappa shape index (κ1) is 26.9. The molecule has 9 nitrogen and oxygen atoms in total. The van der Waals surface area contributed by atoms with Crippen LogP contribution >= 0.6 is 0 Å². The van der Waals surface area contributed by atoms with Gasteiger partial charge in [0.1, 0.15) is 6.33 Å². The Labute approximate surface area is 218 Å². The van der Waals surface area contributed by atoms with E-state index in [1.165, 1.54) is 6.33 Å². The number of ether oxygens (including phenoxy) is 2. The Bertz CT molecular complexity index is 1040. The summed E-state index contributed by atoms with van der Waals surface area (Å²) in [5, 5.41) is 10.4. The van der Waals surface area contributed by atoms with Crippen LogP contribution in [0.15, 0.2) is 36.8 Å². The van der Waals surface area contributed by atoms with Crippen molar-refractivity contribution in [1.29, 1.82) is 0 Å². The summed E-state index contributed by atoms with van der Waals surface area (Å²) in [5.74, 6) is -0.393. The summed E-state index contributed by atoms with van der Waals surface area (Å²) >= 11 is 0. The molecule has 4 rings (SSSR count). The number of fused-ring (bicyclic) bond motifs is 1. The highest BCUT2D eigenvalue weighted by molar-refractivity contribution is 5.79. The number of hydrogen-bond acceptors (Lipinski definition) is 7. The molecule has 200 valence electrons. The van der Waals surface area contributed by atoms with Gasteiger partial charge in [0.05, 0.1) is 12.5 Å². The van der Waals surface area contributed by atoms with E-state index in [0.717, 1.165) is 50.0 Å². The van der Waals surface area contributed by atoms with Crippen LogP contribution in [0.1, 0.15) is 63.1 Å². The lowest BCUT2D eigenvalue weighted by atomic mass is 9.83. The number of nitrogens with zero attached hydrogens (tertiary/aromatic N) is 4. The van der Waals surface area contributed by atoms with Gasteiger partial charge in [-0.2, -0.15) is 0 Å². The van der Waals surface area contributed by atoms with Crippen molar-refractivity contribution in [3.8, 4) is 11.5 Å². The number of hydrogen-bond donors (Lipinski definition) is 1. The summed E-state index contributed by atoms with van der Waals surface area (Å²) in [6.45, 7) is 6.60. The molecule has 1 saturated heterocycles. The summed E-state index contributed by atoms with van der Waals surface area (Å²) in [7, 11) is 0. The van der Waals surface area contributed by atoms with Crippen molar-refractivity contribution in [2.75, 3.05) is 33.0 Å². The standard InChI is InChI=1S/C28H38N4O5/c1-3-5-13-31(14-6-4-2)26(33)17-32-16-22(20-7-10-24-25(15-20)37-19-36-24)27(28(34)35)23(32)9-8-21-11-12-29-18-30-21/h7,10-12,15,18,22-23,27H,3-6,8-9,13-14,16-17,19H2,1-2H3,(H,34,35). The maximum atomic E-state index is 13.5. The van der Waals surface area contributed by atoms with Gasteiger partial charge in [-0.05, 0) is 49.4 Å². The molecule has 3 atom stereocenters. The number of carbonyl (C=O) groups is 2. The Morgan fingerprint density at radius 3 is 2.54 bits per heavy atom. The van der Waals surface area contributed by atoms with E-state index in [0.29, 0.717) is 30.9 Å². The van der Waals surface area contributed by atoms with Crippen LogP contribution in [-0.2, 0) is 16.0 Å². The zero-order valence-electron chi connectivity index (χ0n) is 21.8. The van der Waals surface area contributed by atoms with E-state index in [9.17, 15) is 14.7 Å². The van der Waals surface area contributed by atoms with Gasteiger partial charge < -0.3 is 19.5 Å². The first-order chi connectivity index (χ1) is 18.0. The van der Waals surface area contributed by atoms with Crippen LogP contribution in [0.25, 0.3) is 0 Å². The fraction of sp³-hybridized carbons (Fsp3) is 0.571. The molecule has 37 heavy (non-hydrogen) atoms. The van der Waals surface area contributed by atoms with Gasteiger partial charge in [0, 0.05) is 43.5 Å². The zero-order valence-corrected chi connectivity index (χ0v) is 21.8. The number of likely N-dealkylation sites (tertiary alicyclic amines) is 1. The molecule has 1 aromatic heterocycles. The Kier molecular flexibility index (Phi) is 9.33. The van der Waals surface area contributed by atoms with Gasteiger partial charge in [-0.1, -0.05) is 32.8 Å². The highest BCUT2D eigenvalue weighted by Gasteiger charge is 2.47. The topological polar surface area (TPSA) is 105 Å². The molecule has 0 aliphatic carbocycles. The highest BCUT2D eigenvalue weighted by Crippen LogP contribution is 2.43. The SMILES string of the molecule is CCCCN(CCCC)C(=O)CN1CC(c2ccc3c(c2)OCO3)C(C(=O)O)C1CCc1ccncn1. The molecule has 2 aliphatic rings. The molecular formula is C28H38N4O5. The van der Waals surface area contributed by atoms with E-state index in [1.54, 1.807) is 6.20 Å². The average molecular weight is 511 g/mol. The molecule has 0 bridgehead atoms. The van der Waals surface area contributed by atoms with E-state index in [4.69, 9.17) is 9.47 Å². The summed E-state index contributed by atoms with van der Waals surface area (Å²) in [6, 6.07) is 7.22. The molecule has 0 saturated carbocycles. The third-order valence-electron chi connectivity index (χ3n) is 7.45. The summed E-state index contributed by atoms with van der Waals surface area (Å²) < 4.78 is 11.0. The second-order valence-corrected chi connectivity index (χ2v) is 9.91. The quantitative estimate of drug-likeness (QED) is 0.435. The molecule has 1 amide bonds. The number of unbranched alkanes of at least 4 members (excludes halogenated alkanes) is 2. The van der Waals surface area contributed by atoms with E-state index in [1.807, 2.05) is 29.2 Å². The van der Waals surface area contributed by atoms with Crippen LogP contribution in [-0.4, -0.2) is 75.8 Å². The van der Waals surface area contributed by atoms with Gasteiger partial charge in [-0.15, -0.1) is 0 Å². The van der Waals surface area contributed by atoms with Gasteiger partial charge in [0.15, 0.2) is 11.5 Å². The van der Waals surface area contributed by atoms with Crippen molar-refractivity contribution in [3.05, 3.63) is 48.0 Å². The number of aromatic nitrogens is 2. The number of carboxylic acids is 1. The van der Waals surface area contributed by atoms with Crippen LogP contribution in [0, 0.1) is 5.92 Å². The molecule has 3 unspecified atom stereocenters. The maximum absolute atomic E-state index is 13.5. The largest absolute Gasteiger partial charge is 0.481 e. The molecule has 1 N–H and O–H groups in total. The lowest BCUT2D eigenvalue weighted by molar-refractivity contribution is -0.143. The molecule has 2 aromatic rings. The first-order valence-electron chi connectivity index (χ1n) is 13.4. The summed E-state index contributed by atoms with van der Waals surface area (Å²) in [5.41, 5.74) is 1.76. The van der Waals surface area contributed by atoms with Gasteiger partial charge >= 0.3 is 5.97 Å². The minimum atomic E-state index is -0.848. The number of benzene rings is 1. The van der Waals surface area contributed by atoms with Crippen LogP contribution < -0.4 is 9.47 Å². The lowest BCUT2D eigenvalue weighted by Gasteiger charge is -2.29. The number of carbonyl (C=O) groups excluding carboxylic acids is 1. The highest BCUT2D eigenvalue weighted by atomic mass is 16.7. The van der Waals surface area contributed by atoms with Crippen molar-refractivity contribution in [2.45, 2.75) is 64.3 Å². The van der Waals surface area contributed by atoms with Crippen molar-refractivity contribution in [3.63, 3.8) is 0 Å². The second kappa shape index (κ2) is 12.9. The number of rotatable bonds is 13. The molecule has 1 fully saturated rings. The van der Waals surface area contributed by atoms with Gasteiger partial charge in [-0.3, -0.25) is 14.5 Å². The molecular weight excluding hydrogens is 472 g/mol. The molecule has 1 aromatic carbocycles. The smallest absolute Gasteiger partial charge is 0.308 e. The minimum Gasteiger partial charge on any atom is -0.481 e. The number of aliphatic carboxylic acids is 1. The predicted octanol–water partition coefficient (Wildman–Crippen LogP) is 3.74. The van der Waals surface area contributed by atoms with Crippen molar-refractivity contribution in [2.24, 2.45) is 5.92 Å². The van der Waals surface area contributed by atoms with Crippen molar-refractivity contribution in [1.82, 2.24) is 19.8 Å². The molecule has 2 aliphatic heterocycles. The molecule has 3 heterocycles. The third-order valence-corrected chi connectivity index (χ3v) is 7.45. The Morgan fingerprint density at radius 1 is 1.11 bits per heavy atom. The fourth-order valence-electron chi connectivity index (χ4n) is 5.43. The maximum Gasteiger partial charge on any atom is 0.308 e. The lowest BCUT2D eigenvalue weighted by Crippen LogP contribution is -2.44. The van der Waals surface area contributed by atoms with Gasteiger partial charge in [-0.25, -0.2) is 9.97 Å². The van der Waals surface area contributed by atoms with Crippen LogP contribution in [0.3, 0.4) is 0 Å². The van der Waals surface area contributed by atoms with Crippen LogP contribution in [0.2, 0.25) is 0 Å². The van der Waals surface area contributed by atoms with E-state index < -0.39 is 11.9 Å². The monoisotopic (exact) mass is 510 g/mol. The van der Waals surface area contributed by atoms with E-state index in [2.05, 4.69) is 28.7 Å². The molecule has 0 radical (unpaired) electrons. The molecule has 0 spiro atoms. The van der Waals surface area contributed by atoms with Crippen LogP contribution in [0.5, 0.6) is 11.5 Å². The normalized spacial score (nSPS) is 20.8. The second-order valence-electron chi connectivity index (χ2n) is 9.91.